The summed E-state index contributed by atoms with van der Waals surface area (Å²) in [5.74, 6) is 2.62. The van der Waals surface area contributed by atoms with Crippen LogP contribution >= 0.6 is 23.5 Å². The molecule has 0 rings (SSSR count). The number of carbonyl (C=O) groups excluding carboxylic acids is 1. The summed E-state index contributed by atoms with van der Waals surface area (Å²) in [5.41, 5.74) is 0. The molecule has 4 heteroatoms. The van der Waals surface area contributed by atoms with Gasteiger partial charge >= 0.3 is 0 Å². The molecule has 0 aromatic rings. The number of allylic oxidation sites excluding steroid dienone is 1. The number of nitrogens with one attached hydrogen (secondary N) is 1. The molecule has 98 valence electrons. The van der Waals surface area contributed by atoms with Crippen LogP contribution in [-0.4, -0.2) is 17.4 Å². The number of amides is 1. The van der Waals surface area contributed by atoms with Crippen molar-refractivity contribution in [3.05, 3.63) is 23.1 Å². The van der Waals surface area contributed by atoms with Crippen molar-refractivity contribution in [2.24, 2.45) is 5.92 Å². The van der Waals surface area contributed by atoms with Crippen molar-refractivity contribution in [1.29, 1.82) is 0 Å². The molecule has 0 aliphatic heterocycles. The van der Waals surface area contributed by atoms with Gasteiger partial charge in [-0.1, -0.05) is 45.7 Å². The Hall–Kier alpha value is -0.350. The third-order valence-electron chi connectivity index (χ3n) is 1.87. The van der Waals surface area contributed by atoms with E-state index in [2.05, 4.69) is 25.4 Å². The Morgan fingerprint density at radius 3 is 2.53 bits per heavy atom. The highest BCUT2D eigenvalue weighted by Crippen LogP contribution is 2.24. The van der Waals surface area contributed by atoms with Gasteiger partial charge in [-0.05, 0) is 28.7 Å². The van der Waals surface area contributed by atoms with E-state index in [9.17, 15) is 4.79 Å². The Kier molecular flexibility index (Phi) is 9.46. The third-order valence-corrected chi connectivity index (χ3v) is 3.61. The molecular formula is C13H23NOS2. The van der Waals surface area contributed by atoms with Gasteiger partial charge in [-0.15, -0.1) is 0 Å². The zero-order valence-electron chi connectivity index (χ0n) is 11.0. The first-order valence-corrected chi connectivity index (χ1v) is 7.85. The van der Waals surface area contributed by atoms with Crippen LogP contribution in [0.4, 0.5) is 0 Å². The first-order chi connectivity index (χ1) is 7.95. The van der Waals surface area contributed by atoms with E-state index in [1.165, 1.54) is 11.8 Å². The second-order valence-corrected chi connectivity index (χ2v) is 6.83. The van der Waals surface area contributed by atoms with Crippen LogP contribution in [-0.2, 0) is 4.79 Å². The largest absolute Gasteiger partial charge is 0.321 e. The maximum atomic E-state index is 11.5. The van der Waals surface area contributed by atoms with Gasteiger partial charge in [-0.25, -0.2) is 0 Å². The second kappa shape index (κ2) is 9.66. The molecule has 0 saturated carbocycles. The molecule has 0 saturated heterocycles. The molecule has 0 radical (unpaired) electrons. The number of hydrogen-bond acceptors (Lipinski definition) is 3. The van der Waals surface area contributed by atoms with E-state index in [4.69, 9.17) is 0 Å². The zero-order chi connectivity index (χ0) is 13.3. The molecule has 0 aromatic heterocycles. The normalized spacial score (nSPS) is 10.4. The molecule has 0 heterocycles. The molecular weight excluding hydrogens is 250 g/mol. The van der Waals surface area contributed by atoms with E-state index >= 15 is 0 Å². The zero-order valence-corrected chi connectivity index (χ0v) is 12.7. The Morgan fingerprint density at radius 1 is 1.35 bits per heavy atom. The van der Waals surface area contributed by atoms with Crippen LogP contribution in [0.25, 0.3) is 0 Å². The van der Waals surface area contributed by atoms with Crippen molar-refractivity contribution in [1.82, 2.24) is 5.32 Å². The minimum atomic E-state index is 0.0354. The standard InChI is InChI=1S/C13H23NOS2/c1-6-16-8-7-11(4)17-12(5)14-13(15)9-10(2)3/h10H,4-9H2,1-3H3,(H,14,15). The van der Waals surface area contributed by atoms with Gasteiger partial charge in [0.05, 0.1) is 5.03 Å². The second-order valence-electron chi connectivity index (χ2n) is 4.16. The predicted molar refractivity (Wildman–Crippen MR) is 81.1 cm³/mol. The fraction of sp³-hybridized carbons (Fsp3) is 0.615. The molecule has 0 unspecified atom stereocenters. The molecule has 17 heavy (non-hydrogen) atoms. The highest BCUT2D eigenvalue weighted by Gasteiger charge is 2.07. The van der Waals surface area contributed by atoms with Gasteiger partial charge in [0.1, 0.15) is 0 Å². The van der Waals surface area contributed by atoms with E-state index in [-0.39, 0.29) is 5.91 Å². The topological polar surface area (TPSA) is 29.1 Å². The monoisotopic (exact) mass is 273 g/mol. The van der Waals surface area contributed by atoms with E-state index in [1.807, 2.05) is 25.6 Å². The van der Waals surface area contributed by atoms with Gasteiger partial charge in [-0.3, -0.25) is 4.79 Å². The SMILES string of the molecule is C=C(CCSCC)SC(=C)NC(=O)CC(C)C. The van der Waals surface area contributed by atoms with Crippen LogP contribution in [0.5, 0.6) is 0 Å². The lowest BCUT2D eigenvalue weighted by molar-refractivity contribution is -0.120. The quantitative estimate of drug-likeness (QED) is 0.644. The summed E-state index contributed by atoms with van der Waals surface area (Å²) >= 11 is 3.37. The first-order valence-electron chi connectivity index (χ1n) is 5.87. The van der Waals surface area contributed by atoms with Gasteiger partial charge < -0.3 is 5.32 Å². The van der Waals surface area contributed by atoms with Crippen LogP contribution in [0, 0.1) is 5.92 Å². The van der Waals surface area contributed by atoms with Crippen LogP contribution in [0.3, 0.4) is 0 Å². The Bertz CT molecular complexity index is 275. The Balaban J connectivity index is 3.77. The molecule has 1 N–H and O–H groups in total. The molecule has 0 atom stereocenters. The van der Waals surface area contributed by atoms with E-state index in [0.717, 1.165) is 22.8 Å². The molecule has 0 aliphatic carbocycles. The van der Waals surface area contributed by atoms with Crippen LogP contribution in [0.15, 0.2) is 23.1 Å². The van der Waals surface area contributed by atoms with Gasteiger partial charge in [0.2, 0.25) is 5.91 Å². The lowest BCUT2D eigenvalue weighted by atomic mass is 10.1. The van der Waals surface area contributed by atoms with E-state index in [0.29, 0.717) is 17.4 Å². The van der Waals surface area contributed by atoms with Crippen molar-refractivity contribution in [2.45, 2.75) is 33.6 Å². The lowest BCUT2D eigenvalue weighted by Gasteiger charge is -2.10. The highest BCUT2D eigenvalue weighted by molar-refractivity contribution is 8.06. The fourth-order valence-corrected chi connectivity index (χ4v) is 2.68. The maximum Gasteiger partial charge on any atom is 0.225 e. The lowest BCUT2D eigenvalue weighted by Crippen LogP contribution is -2.22. The average molecular weight is 273 g/mol. The third kappa shape index (κ3) is 10.5. The molecule has 0 bridgehead atoms. The van der Waals surface area contributed by atoms with E-state index in [1.54, 1.807) is 0 Å². The number of carbonyl (C=O) groups is 1. The van der Waals surface area contributed by atoms with Gasteiger partial charge in [0.25, 0.3) is 0 Å². The van der Waals surface area contributed by atoms with Crippen molar-refractivity contribution >= 4 is 29.4 Å². The van der Waals surface area contributed by atoms with Crippen molar-refractivity contribution in [3.63, 3.8) is 0 Å². The predicted octanol–water partition coefficient (Wildman–Crippen LogP) is 4.01. The first kappa shape index (κ1) is 16.6. The van der Waals surface area contributed by atoms with Crippen molar-refractivity contribution in [2.75, 3.05) is 11.5 Å². The van der Waals surface area contributed by atoms with Crippen LogP contribution in [0.2, 0.25) is 0 Å². The summed E-state index contributed by atoms with van der Waals surface area (Å²) in [4.78, 5) is 12.5. The average Bonchev–Trinajstić information content (AvgIpc) is 2.15. The summed E-state index contributed by atoms with van der Waals surface area (Å²) < 4.78 is 0. The van der Waals surface area contributed by atoms with Crippen LogP contribution in [0.1, 0.15) is 33.6 Å². The fourth-order valence-electron chi connectivity index (χ4n) is 1.16. The highest BCUT2D eigenvalue weighted by atomic mass is 32.2. The summed E-state index contributed by atoms with van der Waals surface area (Å²) in [5, 5.41) is 3.48. The summed E-state index contributed by atoms with van der Waals surface area (Å²) in [6.07, 6.45) is 1.50. The molecule has 1 amide bonds. The maximum absolute atomic E-state index is 11.5. The van der Waals surface area contributed by atoms with Gasteiger partial charge in [0.15, 0.2) is 0 Å². The van der Waals surface area contributed by atoms with Crippen LogP contribution < -0.4 is 5.32 Å². The van der Waals surface area contributed by atoms with Gasteiger partial charge in [-0.2, -0.15) is 11.8 Å². The molecule has 0 aromatic carbocycles. The Labute approximate surface area is 114 Å². The van der Waals surface area contributed by atoms with E-state index < -0.39 is 0 Å². The summed E-state index contributed by atoms with van der Waals surface area (Å²) in [6, 6.07) is 0. The summed E-state index contributed by atoms with van der Waals surface area (Å²) in [7, 11) is 0. The summed E-state index contributed by atoms with van der Waals surface area (Å²) in [6.45, 7) is 14.0. The molecule has 2 nitrogen and oxygen atoms in total. The minimum Gasteiger partial charge on any atom is -0.321 e. The minimum absolute atomic E-state index is 0.0354. The number of hydrogen-bond donors (Lipinski definition) is 1. The van der Waals surface area contributed by atoms with Gasteiger partial charge in [0, 0.05) is 6.42 Å². The molecule has 0 aliphatic rings. The molecule has 0 fully saturated rings. The Morgan fingerprint density at radius 2 is 2.00 bits per heavy atom. The van der Waals surface area contributed by atoms with Crippen molar-refractivity contribution < 1.29 is 4.79 Å². The smallest absolute Gasteiger partial charge is 0.225 e. The van der Waals surface area contributed by atoms with Crippen molar-refractivity contribution in [3.8, 4) is 0 Å². The molecule has 0 spiro atoms. The number of rotatable bonds is 9. The number of thioether (sulfide) groups is 2.